The Morgan fingerprint density at radius 2 is 1.93 bits per heavy atom. The topological polar surface area (TPSA) is 81.8 Å². The SMILES string of the molecule is CC1CC(=O)Nc2ccccc2N1C(=O)CN(C)CC(=O)Nc1cc(Cl)ccc1Cl. The number of anilines is 3. The van der Waals surface area contributed by atoms with Crippen molar-refractivity contribution in [1.29, 1.82) is 0 Å². The number of benzene rings is 2. The van der Waals surface area contributed by atoms with Gasteiger partial charge in [-0.2, -0.15) is 0 Å². The highest BCUT2D eigenvalue weighted by Crippen LogP contribution is 2.31. The standard InChI is InChI=1S/C21H22Cl2N4O3/c1-13-9-19(28)24-16-5-3-4-6-18(16)27(13)21(30)12-26(2)11-20(29)25-17-10-14(22)7-8-15(17)23/h3-8,10,13H,9,11-12H2,1-2H3,(H,24,28)(H,25,29). The number of carbonyl (C=O) groups excluding carboxylic acids is 3. The number of fused-ring (bicyclic) bond motifs is 1. The molecule has 158 valence electrons. The summed E-state index contributed by atoms with van der Waals surface area (Å²) in [4.78, 5) is 40.7. The lowest BCUT2D eigenvalue weighted by atomic mass is 10.1. The average molecular weight is 449 g/mol. The van der Waals surface area contributed by atoms with Crippen molar-refractivity contribution in [3.05, 3.63) is 52.5 Å². The Labute approximate surface area is 184 Å². The van der Waals surface area contributed by atoms with Crippen LogP contribution in [-0.4, -0.2) is 48.8 Å². The summed E-state index contributed by atoms with van der Waals surface area (Å²) in [7, 11) is 1.68. The Kier molecular flexibility index (Phi) is 6.97. The number of likely N-dealkylation sites (N-methyl/N-ethyl adjacent to an activating group) is 1. The number of halogens is 2. The number of para-hydroxylation sites is 2. The first-order valence-corrected chi connectivity index (χ1v) is 10.1. The minimum Gasteiger partial charge on any atom is -0.324 e. The van der Waals surface area contributed by atoms with Crippen LogP contribution in [0.1, 0.15) is 13.3 Å². The Balaban J connectivity index is 1.67. The van der Waals surface area contributed by atoms with Gasteiger partial charge in [0.2, 0.25) is 17.7 Å². The maximum atomic E-state index is 13.1. The van der Waals surface area contributed by atoms with Gasteiger partial charge in [-0.3, -0.25) is 19.3 Å². The summed E-state index contributed by atoms with van der Waals surface area (Å²) < 4.78 is 0. The molecule has 0 aliphatic carbocycles. The van der Waals surface area contributed by atoms with Crippen molar-refractivity contribution in [2.75, 3.05) is 35.7 Å². The molecule has 0 fully saturated rings. The average Bonchev–Trinajstić information content (AvgIpc) is 2.78. The van der Waals surface area contributed by atoms with Crippen LogP contribution in [0.2, 0.25) is 10.0 Å². The fraction of sp³-hybridized carbons (Fsp3) is 0.286. The van der Waals surface area contributed by atoms with E-state index < -0.39 is 0 Å². The normalized spacial score (nSPS) is 16.0. The quantitative estimate of drug-likeness (QED) is 0.731. The van der Waals surface area contributed by atoms with Gasteiger partial charge in [0.15, 0.2) is 0 Å². The van der Waals surface area contributed by atoms with Crippen LogP contribution in [0.3, 0.4) is 0 Å². The zero-order valence-corrected chi connectivity index (χ0v) is 18.1. The van der Waals surface area contributed by atoms with Crippen molar-refractivity contribution in [2.45, 2.75) is 19.4 Å². The number of hydrogen-bond acceptors (Lipinski definition) is 4. The van der Waals surface area contributed by atoms with Crippen molar-refractivity contribution in [3.63, 3.8) is 0 Å². The zero-order valence-electron chi connectivity index (χ0n) is 16.6. The molecule has 2 aromatic carbocycles. The van der Waals surface area contributed by atoms with Crippen LogP contribution in [0.5, 0.6) is 0 Å². The van der Waals surface area contributed by atoms with E-state index in [9.17, 15) is 14.4 Å². The molecule has 0 aromatic heterocycles. The predicted molar refractivity (Wildman–Crippen MR) is 119 cm³/mol. The third-order valence-corrected chi connectivity index (χ3v) is 5.21. The summed E-state index contributed by atoms with van der Waals surface area (Å²) >= 11 is 12.0. The van der Waals surface area contributed by atoms with E-state index in [0.717, 1.165) is 0 Å². The summed E-state index contributed by atoms with van der Waals surface area (Å²) in [5.74, 6) is -0.672. The van der Waals surface area contributed by atoms with Gasteiger partial charge < -0.3 is 15.5 Å². The highest BCUT2D eigenvalue weighted by Gasteiger charge is 2.30. The van der Waals surface area contributed by atoms with Crippen LogP contribution in [0.15, 0.2) is 42.5 Å². The van der Waals surface area contributed by atoms with E-state index in [-0.39, 0.29) is 43.3 Å². The van der Waals surface area contributed by atoms with Crippen LogP contribution < -0.4 is 15.5 Å². The molecule has 0 radical (unpaired) electrons. The second kappa shape index (κ2) is 9.47. The molecule has 1 aliphatic rings. The van der Waals surface area contributed by atoms with Gasteiger partial charge in [0.25, 0.3) is 0 Å². The molecule has 30 heavy (non-hydrogen) atoms. The number of nitrogens with zero attached hydrogens (tertiary/aromatic N) is 2. The van der Waals surface area contributed by atoms with Crippen molar-refractivity contribution < 1.29 is 14.4 Å². The first-order chi connectivity index (χ1) is 14.2. The molecule has 0 saturated carbocycles. The third kappa shape index (κ3) is 5.30. The molecule has 7 nitrogen and oxygen atoms in total. The minimum absolute atomic E-state index is 0.00353. The second-order valence-electron chi connectivity index (χ2n) is 7.23. The molecule has 1 atom stereocenters. The number of carbonyl (C=O) groups is 3. The molecule has 0 bridgehead atoms. The molecule has 2 aromatic rings. The first-order valence-electron chi connectivity index (χ1n) is 9.39. The highest BCUT2D eigenvalue weighted by molar-refractivity contribution is 6.35. The van der Waals surface area contributed by atoms with Gasteiger partial charge in [0.1, 0.15) is 0 Å². The van der Waals surface area contributed by atoms with Gasteiger partial charge in [0, 0.05) is 17.5 Å². The predicted octanol–water partition coefficient (Wildman–Crippen LogP) is 3.63. The van der Waals surface area contributed by atoms with Gasteiger partial charge in [0.05, 0.1) is 35.2 Å². The summed E-state index contributed by atoms with van der Waals surface area (Å²) in [5.41, 5.74) is 1.65. The maximum absolute atomic E-state index is 13.1. The molecule has 0 spiro atoms. The van der Waals surface area contributed by atoms with Gasteiger partial charge >= 0.3 is 0 Å². The molecule has 9 heteroatoms. The summed E-state index contributed by atoms with van der Waals surface area (Å²) in [6.45, 7) is 1.81. The van der Waals surface area contributed by atoms with Crippen LogP contribution in [0.25, 0.3) is 0 Å². The molecule has 0 saturated heterocycles. The fourth-order valence-corrected chi connectivity index (χ4v) is 3.70. The molecule has 3 amide bonds. The molecule has 2 N–H and O–H groups in total. The molecule has 1 aliphatic heterocycles. The lowest BCUT2D eigenvalue weighted by molar-refractivity contribution is -0.121. The fourth-order valence-electron chi connectivity index (χ4n) is 3.36. The number of hydrogen-bond donors (Lipinski definition) is 2. The highest BCUT2D eigenvalue weighted by atomic mass is 35.5. The number of amides is 3. The Morgan fingerprint density at radius 1 is 1.20 bits per heavy atom. The van der Waals surface area contributed by atoms with Gasteiger partial charge in [-0.1, -0.05) is 35.3 Å². The van der Waals surface area contributed by atoms with Crippen LogP contribution in [-0.2, 0) is 14.4 Å². The van der Waals surface area contributed by atoms with E-state index in [1.165, 1.54) is 0 Å². The lowest BCUT2D eigenvalue weighted by Crippen LogP contribution is -2.45. The van der Waals surface area contributed by atoms with E-state index in [1.807, 2.05) is 13.0 Å². The smallest absolute Gasteiger partial charge is 0.241 e. The van der Waals surface area contributed by atoms with Crippen molar-refractivity contribution in [1.82, 2.24) is 4.90 Å². The maximum Gasteiger partial charge on any atom is 0.241 e. The van der Waals surface area contributed by atoms with Gasteiger partial charge in [-0.15, -0.1) is 0 Å². The Bertz CT molecular complexity index is 982. The third-order valence-electron chi connectivity index (χ3n) is 4.65. The molecule has 3 rings (SSSR count). The lowest BCUT2D eigenvalue weighted by Gasteiger charge is -2.29. The van der Waals surface area contributed by atoms with Crippen molar-refractivity contribution >= 4 is 58.0 Å². The van der Waals surface area contributed by atoms with E-state index in [4.69, 9.17) is 23.2 Å². The Hall–Kier alpha value is -2.61. The van der Waals surface area contributed by atoms with E-state index in [0.29, 0.717) is 27.1 Å². The summed E-state index contributed by atoms with van der Waals surface area (Å²) in [5, 5.41) is 6.35. The van der Waals surface area contributed by atoms with Crippen LogP contribution in [0, 0.1) is 0 Å². The number of nitrogens with one attached hydrogen (secondary N) is 2. The molecular formula is C21H22Cl2N4O3. The first kappa shape index (κ1) is 22.1. The van der Waals surface area contributed by atoms with Gasteiger partial charge in [-0.25, -0.2) is 0 Å². The van der Waals surface area contributed by atoms with Crippen molar-refractivity contribution in [2.24, 2.45) is 0 Å². The summed E-state index contributed by atoms with van der Waals surface area (Å²) in [6, 6.07) is 11.6. The van der Waals surface area contributed by atoms with E-state index in [2.05, 4.69) is 10.6 Å². The van der Waals surface area contributed by atoms with Crippen LogP contribution >= 0.6 is 23.2 Å². The monoisotopic (exact) mass is 448 g/mol. The van der Waals surface area contributed by atoms with E-state index >= 15 is 0 Å². The zero-order chi connectivity index (χ0) is 21.8. The number of rotatable bonds is 5. The molecule has 1 unspecified atom stereocenters. The van der Waals surface area contributed by atoms with Gasteiger partial charge in [-0.05, 0) is 44.3 Å². The minimum atomic E-state index is -0.323. The molecule has 1 heterocycles. The summed E-state index contributed by atoms with van der Waals surface area (Å²) in [6.07, 6.45) is 0.192. The van der Waals surface area contributed by atoms with Crippen molar-refractivity contribution in [3.8, 4) is 0 Å². The Morgan fingerprint density at radius 3 is 2.70 bits per heavy atom. The van der Waals surface area contributed by atoms with Crippen LogP contribution in [0.4, 0.5) is 17.1 Å². The molecular weight excluding hydrogens is 427 g/mol. The second-order valence-corrected chi connectivity index (χ2v) is 8.07. The largest absolute Gasteiger partial charge is 0.324 e. The van der Waals surface area contributed by atoms with E-state index in [1.54, 1.807) is 53.2 Å².